The SMILES string of the molecule is CCOC(=O)C/C=C(\c1ccc(OC)cc1)C(C)(C)C(=O)OCC. The normalized spacial score (nSPS) is 11.8. The van der Waals surface area contributed by atoms with Crippen LogP contribution in [0.2, 0.25) is 0 Å². The van der Waals surface area contributed by atoms with Gasteiger partial charge >= 0.3 is 11.9 Å². The van der Waals surface area contributed by atoms with E-state index in [0.29, 0.717) is 13.2 Å². The fourth-order valence-electron chi connectivity index (χ4n) is 2.33. The van der Waals surface area contributed by atoms with Gasteiger partial charge in [-0.15, -0.1) is 0 Å². The van der Waals surface area contributed by atoms with Crippen molar-refractivity contribution in [2.24, 2.45) is 5.41 Å². The Kier molecular flexibility index (Phi) is 7.49. The molecular weight excluding hydrogens is 308 g/mol. The molecule has 132 valence electrons. The van der Waals surface area contributed by atoms with Gasteiger partial charge in [0.05, 0.1) is 32.2 Å². The minimum absolute atomic E-state index is 0.0953. The number of methoxy groups -OCH3 is 1. The third kappa shape index (κ3) is 5.11. The molecule has 0 saturated heterocycles. The molecule has 0 radical (unpaired) electrons. The predicted molar refractivity (Wildman–Crippen MR) is 92.6 cm³/mol. The van der Waals surface area contributed by atoms with Gasteiger partial charge in [-0.05, 0) is 51.0 Å². The van der Waals surface area contributed by atoms with Gasteiger partial charge in [0.2, 0.25) is 0 Å². The molecule has 0 amide bonds. The van der Waals surface area contributed by atoms with Gasteiger partial charge in [-0.1, -0.05) is 18.2 Å². The van der Waals surface area contributed by atoms with E-state index in [0.717, 1.165) is 16.9 Å². The highest BCUT2D eigenvalue weighted by Crippen LogP contribution is 2.37. The fourth-order valence-corrected chi connectivity index (χ4v) is 2.33. The molecule has 0 saturated carbocycles. The summed E-state index contributed by atoms with van der Waals surface area (Å²) < 4.78 is 15.3. The average molecular weight is 334 g/mol. The van der Waals surface area contributed by atoms with Gasteiger partial charge in [0.25, 0.3) is 0 Å². The lowest BCUT2D eigenvalue weighted by molar-refractivity contribution is -0.150. The van der Waals surface area contributed by atoms with E-state index >= 15 is 0 Å². The molecule has 0 unspecified atom stereocenters. The molecule has 0 N–H and O–H groups in total. The van der Waals surface area contributed by atoms with Crippen molar-refractivity contribution in [3.63, 3.8) is 0 Å². The monoisotopic (exact) mass is 334 g/mol. The highest BCUT2D eigenvalue weighted by Gasteiger charge is 2.34. The molecule has 0 spiro atoms. The third-order valence-corrected chi connectivity index (χ3v) is 3.64. The van der Waals surface area contributed by atoms with Gasteiger partial charge in [0, 0.05) is 0 Å². The van der Waals surface area contributed by atoms with Crippen molar-refractivity contribution >= 4 is 17.5 Å². The predicted octanol–water partition coefficient (Wildman–Crippen LogP) is 3.62. The number of rotatable bonds is 8. The number of carbonyl (C=O) groups excluding carboxylic acids is 2. The van der Waals surface area contributed by atoms with E-state index in [2.05, 4.69) is 0 Å². The Labute approximate surface area is 143 Å². The van der Waals surface area contributed by atoms with Gasteiger partial charge in [-0.3, -0.25) is 9.59 Å². The minimum Gasteiger partial charge on any atom is -0.497 e. The first-order chi connectivity index (χ1) is 11.4. The number of carbonyl (C=O) groups is 2. The van der Waals surface area contributed by atoms with Gasteiger partial charge in [0.15, 0.2) is 0 Å². The van der Waals surface area contributed by atoms with Crippen molar-refractivity contribution < 1.29 is 23.8 Å². The van der Waals surface area contributed by atoms with E-state index in [4.69, 9.17) is 14.2 Å². The second-order valence-electron chi connectivity index (χ2n) is 5.70. The lowest BCUT2D eigenvalue weighted by atomic mass is 9.79. The molecule has 24 heavy (non-hydrogen) atoms. The molecule has 0 atom stereocenters. The van der Waals surface area contributed by atoms with Crippen LogP contribution in [0.4, 0.5) is 0 Å². The van der Waals surface area contributed by atoms with Crippen LogP contribution < -0.4 is 4.74 Å². The highest BCUT2D eigenvalue weighted by atomic mass is 16.5. The summed E-state index contributed by atoms with van der Waals surface area (Å²) in [5.41, 5.74) is 0.659. The van der Waals surface area contributed by atoms with Crippen LogP contribution in [0.15, 0.2) is 30.3 Å². The van der Waals surface area contributed by atoms with E-state index in [9.17, 15) is 9.59 Å². The summed E-state index contributed by atoms with van der Waals surface area (Å²) in [6.07, 6.45) is 1.83. The molecule has 1 aromatic rings. The maximum atomic E-state index is 12.4. The van der Waals surface area contributed by atoms with Gasteiger partial charge in [-0.25, -0.2) is 0 Å². The van der Waals surface area contributed by atoms with Crippen molar-refractivity contribution in [1.29, 1.82) is 0 Å². The van der Waals surface area contributed by atoms with Crippen LogP contribution in [-0.4, -0.2) is 32.3 Å². The van der Waals surface area contributed by atoms with Crippen LogP contribution in [0.25, 0.3) is 5.57 Å². The molecule has 0 aromatic heterocycles. The molecule has 0 aliphatic rings. The van der Waals surface area contributed by atoms with Crippen LogP contribution in [0.5, 0.6) is 5.75 Å². The summed E-state index contributed by atoms with van der Waals surface area (Å²) >= 11 is 0. The molecule has 1 aromatic carbocycles. The van der Waals surface area contributed by atoms with Gasteiger partial charge in [-0.2, -0.15) is 0 Å². The molecule has 0 aliphatic carbocycles. The minimum atomic E-state index is -0.892. The van der Waals surface area contributed by atoms with Crippen LogP contribution in [-0.2, 0) is 19.1 Å². The molecule has 1 rings (SSSR count). The molecular formula is C19H26O5. The first-order valence-electron chi connectivity index (χ1n) is 8.04. The second kappa shape index (κ2) is 9.11. The largest absolute Gasteiger partial charge is 0.497 e. The maximum absolute atomic E-state index is 12.4. The first-order valence-corrected chi connectivity index (χ1v) is 8.04. The Bertz CT molecular complexity index is 584. The van der Waals surface area contributed by atoms with Gasteiger partial charge in [0.1, 0.15) is 5.75 Å². The molecule has 0 heterocycles. The number of esters is 2. The van der Waals surface area contributed by atoms with Crippen molar-refractivity contribution in [1.82, 2.24) is 0 Å². The molecule has 0 bridgehead atoms. The second-order valence-corrected chi connectivity index (χ2v) is 5.70. The summed E-state index contributed by atoms with van der Waals surface area (Å²) in [6, 6.07) is 7.34. The maximum Gasteiger partial charge on any atom is 0.315 e. The summed E-state index contributed by atoms with van der Waals surface area (Å²) in [7, 11) is 1.59. The van der Waals surface area contributed by atoms with Crippen LogP contribution in [0, 0.1) is 5.41 Å². The topological polar surface area (TPSA) is 61.8 Å². The van der Waals surface area contributed by atoms with Crippen LogP contribution in [0.3, 0.4) is 0 Å². The summed E-state index contributed by atoms with van der Waals surface area (Å²) in [4.78, 5) is 24.1. The summed E-state index contributed by atoms with van der Waals surface area (Å²) in [5, 5.41) is 0. The molecule has 5 nitrogen and oxygen atoms in total. The van der Waals surface area contributed by atoms with E-state index < -0.39 is 5.41 Å². The van der Waals surface area contributed by atoms with Crippen molar-refractivity contribution in [3.05, 3.63) is 35.9 Å². The van der Waals surface area contributed by atoms with Crippen molar-refractivity contribution in [3.8, 4) is 5.75 Å². The Morgan fingerprint density at radius 3 is 2.12 bits per heavy atom. The molecule has 0 fully saturated rings. The lowest BCUT2D eigenvalue weighted by Crippen LogP contribution is -2.28. The van der Waals surface area contributed by atoms with Gasteiger partial charge < -0.3 is 14.2 Å². The standard InChI is InChI=1S/C19H26O5/c1-6-23-17(20)13-12-16(19(3,4)18(21)24-7-2)14-8-10-15(22-5)11-9-14/h8-12H,6-7,13H2,1-5H3/b16-12+. The zero-order valence-corrected chi connectivity index (χ0v) is 15.0. The smallest absolute Gasteiger partial charge is 0.315 e. The lowest BCUT2D eigenvalue weighted by Gasteiger charge is -2.26. The number of ether oxygens (including phenoxy) is 3. The average Bonchev–Trinajstić information content (AvgIpc) is 2.56. The number of hydrogen-bond acceptors (Lipinski definition) is 5. The van der Waals surface area contributed by atoms with Crippen LogP contribution in [0.1, 0.15) is 39.7 Å². The Hall–Kier alpha value is -2.30. The highest BCUT2D eigenvalue weighted by molar-refractivity contribution is 5.93. The fraction of sp³-hybridized carbons (Fsp3) is 0.474. The van der Waals surface area contributed by atoms with E-state index in [1.807, 2.05) is 24.3 Å². The molecule has 5 heteroatoms. The Balaban J connectivity index is 3.21. The Morgan fingerprint density at radius 2 is 1.62 bits per heavy atom. The quantitative estimate of drug-likeness (QED) is 0.680. The van der Waals surface area contributed by atoms with E-state index in [1.54, 1.807) is 40.9 Å². The Morgan fingerprint density at radius 1 is 1.04 bits per heavy atom. The zero-order valence-electron chi connectivity index (χ0n) is 15.0. The number of benzene rings is 1. The summed E-state index contributed by atoms with van der Waals surface area (Å²) in [5.74, 6) is 0.0523. The first kappa shape index (κ1) is 19.7. The van der Waals surface area contributed by atoms with Crippen molar-refractivity contribution in [2.45, 2.75) is 34.1 Å². The third-order valence-electron chi connectivity index (χ3n) is 3.64. The van der Waals surface area contributed by atoms with E-state index in [-0.39, 0.29) is 18.4 Å². The summed E-state index contributed by atoms with van der Waals surface area (Å²) in [6.45, 7) is 7.72. The van der Waals surface area contributed by atoms with Crippen molar-refractivity contribution in [2.75, 3.05) is 20.3 Å². The zero-order chi connectivity index (χ0) is 18.2. The molecule has 0 aliphatic heterocycles. The number of hydrogen-bond donors (Lipinski definition) is 0. The van der Waals surface area contributed by atoms with Crippen LogP contribution >= 0.6 is 0 Å². The van der Waals surface area contributed by atoms with E-state index in [1.165, 1.54) is 0 Å².